The maximum atomic E-state index is 12.9. The molecule has 0 spiro atoms. The Bertz CT molecular complexity index is 399. The van der Waals surface area contributed by atoms with E-state index in [-0.39, 0.29) is 0 Å². The first-order valence-corrected chi connectivity index (χ1v) is 4.38. The minimum absolute atomic E-state index is 1.21. The van der Waals surface area contributed by atoms with Gasteiger partial charge in [-0.05, 0) is 6.92 Å². The first kappa shape index (κ1) is 13.1. The van der Waals surface area contributed by atoms with Gasteiger partial charge in [-0.25, -0.2) is 8.78 Å². The molecular weight excluding hydrogens is 306 g/mol. The van der Waals surface area contributed by atoms with Crippen LogP contribution in [0.3, 0.4) is 0 Å². The first-order valence-electron chi connectivity index (χ1n) is 3.58. The van der Waals surface area contributed by atoms with Crippen molar-refractivity contribution < 1.29 is 31.1 Å². The third-order valence-corrected chi connectivity index (χ3v) is 1.69. The summed E-state index contributed by atoms with van der Waals surface area (Å²) in [6, 6.07) is 0. The van der Waals surface area contributed by atoms with Crippen molar-refractivity contribution in [3.05, 3.63) is 35.8 Å². The van der Waals surface area contributed by atoms with Gasteiger partial charge in [0.25, 0.3) is 0 Å². The van der Waals surface area contributed by atoms with Gasteiger partial charge in [0.1, 0.15) is 0 Å². The van der Waals surface area contributed by atoms with Gasteiger partial charge < -0.3 is 4.74 Å². The second-order valence-corrected chi connectivity index (χ2v) is 3.53. The van der Waals surface area contributed by atoms with Crippen molar-refractivity contribution in [2.45, 2.75) is 5.02 Å². The van der Waals surface area contributed by atoms with Crippen molar-refractivity contribution in [3.8, 4) is 5.75 Å². The van der Waals surface area contributed by atoms with Crippen molar-refractivity contribution in [1.29, 1.82) is 0 Å². The lowest BCUT2D eigenvalue weighted by Crippen LogP contribution is -2.18. The van der Waals surface area contributed by atoms with Crippen molar-refractivity contribution in [2.75, 3.05) is 0 Å². The topological polar surface area (TPSA) is 9.23 Å². The highest BCUT2D eigenvalue weighted by atomic mass is 79.9. The molecule has 16 heavy (non-hydrogen) atoms. The van der Waals surface area contributed by atoms with Crippen molar-refractivity contribution in [2.24, 2.45) is 0 Å². The SMILES string of the molecule is [CH2]c1c(F)c(F)c(OC(F)(F)Br)c(F)c1F. The normalized spacial score (nSPS) is 11.8. The molecule has 1 aromatic carbocycles. The molecule has 1 aromatic rings. The van der Waals surface area contributed by atoms with Crippen LogP contribution in [0.4, 0.5) is 26.3 Å². The Hall–Kier alpha value is -0.920. The van der Waals surface area contributed by atoms with Crippen LogP contribution >= 0.6 is 15.9 Å². The summed E-state index contributed by atoms with van der Waals surface area (Å²) in [6.07, 6.45) is 0. The summed E-state index contributed by atoms with van der Waals surface area (Å²) < 4.78 is 79.4. The lowest BCUT2D eigenvalue weighted by Gasteiger charge is -2.14. The molecule has 0 aromatic heterocycles. The first-order chi connectivity index (χ1) is 7.15. The Morgan fingerprint density at radius 1 is 0.938 bits per heavy atom. The van der Waals surface area contributed by atoms with Crippen molar-refractivity contribution in [3.63, 3.8) is 0 Å². The van der Waals surface area contributed by atoms with Crippen LogP contribution in [0.15, 0.2) is 0 Å². The smallest absolute Gasteiger partial charge is 0.417 e. The highest BCUT2D eigenvalue weighted by Crippen LogP contribution is 2.34. The minimum atomic E-state index is -4.16. The number of hydrogen-bond donors (Lipinski definition) is 0. The third-order valence-electron chi connectivity index (χ3n) is 1.53. The van der Waals surface area contributed by atoms with E-state index in [4.69, 9.17) is 0 Å². The summed E-state index contributed by atoms with van der Waals surface area (Å²) in [5.41, 5.74) is -1.21. The molecule has 0 fully saturated rings. The monoisotopic (exact) mass is 307 g/mol. The molecule has 0 saturated heterocycles. The molecule has 0 atom stereocenters. The van der Waals surface area contributed by atoms with Crippen LogP contribution in [0.25, 0.3) is 0 Å². The highest BCUT2D eigenvalue weighted by Gasteiger charge is 2.33. The molecule has 1 nitrogen and oxygen atoms in total. The van der Waals surface area contributed by atoms with Crippen LogP contribution in [-0.2, 0) is 0 Å². The average Bonchev–Trinajstić information content (AvgIpc) is 2.17. The predicted octanol–water partition coefficient (Wildman–Crippen LogP) is 3.75. The van der Waals surface area contributed by atoms with Crippen LogP contribution in [0.5, 0.6) is 5.75 Å². The summed E-state index contributed by atoms with van der Waals surface area (Å²) in [4.78, 5) is 0. The second-order valence-electron chi connectivity index (χ2n) is 2.61. The number of benzene rings is 1. The molecule has 0 bridgehead atoms. The molecule has 0 N–H and O–H groups in total. The fraction of sp³-hybridized carbons (Fsp3) is 0.125. The fourth-order valence-corrected chi connectivity index (χ4v) is 1.02. The average molecular weight is 308 g/mol. The Morgan fingerprint density at radius 2 is 1.31 bits per heavy atom. The Kier molecular flexibility index (Phi) is 3.41. The maximum Gasteiger partial charge on any atom is 0.459 e. The molecule has 0 unspecified atom stereocenters. The Morgan fingerprint density at radius 3 is 1.62 bits per heavy atom. The van der Waals surface area contributed by atoms with Gasteiger partial charge in [-0.2, -0.15) is 17.6 Å². The molecule has 0 amide bonds. The Balaban J connectivity index is 3.40. The zero-order valence-corrected chi connectivity index (χ0v) is 8.85. The Labute approximate surface area is 94.1 Å². The standard InChI is InChI=1S/C8H2BrF6O/c1-2-3(10)5(12)7(6(13)4(2)11)16-8(9,14)15/h1H2. The molecule has 0 aliphatic heterocycles. The second kappa shape index (κ2) is 4.15. The van der Waals surface area contributed by atoms with Crippen LogP contribution in [0.2, 0.25) is 0 Å². The highest BCUT2D eigenvalue weighted by molar-refractivity contribution is 9.09. The van der Waals surface area contributed by atoms with Gasteiger partial charge in [0.05, 0.1) is 0 Å². The van der Waals surface area contributed by atoms with Crippen LogP contribution in [0.1, 0.15) is 5.56 Å². The van der Waals surface area contributed by atoms with Gasteiger partial charge in [0.15, 0.2) is 11.6 Å². The summed E-state index contributed by atoms with van der Waals surface area (Å²) in [5.74, 6) is -9.81. The lowest BCUT2D eigenvalue weighted by molar-refractivity contribution is -0.0852. The molecule has 89 valence electrons. The molecule has 0 heterocycles. The van der Waals surface area contributed by atoms with Crippen molar-refractivity contribution in [1.82, 2.24) is 0 Å². The largest absolute Gasteiger partial charge is 0.459 e. The summed E-state index contributed by atoms with van der Waals surface area (Å²) in [5, 5.41) is -4.16. The van der Waals surface area contributed by atoms with E-state index in [1.807, 2.05) is 0 Å². The van der Waals surface area contributed by atoms with Crippen LogP contribution in [0, 0.1) is 30.2 Å². The van der Waals surface area contributed by atoms with E-state index in [1.54, 1.807) is 15.9 Å². The molecule has 8 heteroatoms. The summed E-state index contributed by atoms with van der Waals surface area (Å²) in [7, 11) is 0. The van der Waals surface area contributed by atoms with Gasteiger partial charge >= 0.3 is 5.02 Å². The lowest BCUT2D eigenvalue weighted by atomic mass is 10.2. The molecule has 1 rings (SSSR count). The predicted molar refractivity (Wildman–Crippen MR) is 45.2 cm³/mol. The number of rotatable bonds is 2. The number of halogens is 7. The quantitative estimate of drug-likeness (QED) is 0.459. The van der Waals surface area contributed by atoms with E-state index in [9.17, 15) is 26.3 Å². The van der Waals surface area contributed by atoms with Gasteiger partial charge in [0.2, 0.25) is 17.4 Å². The number of ether oxygens (including phenoxy) is 1. The minimum Gasteiger partial charge on any atom is -0.417 e. The molecule has 1 radical (unpaired) electrons. The fourth-order valence-electron chi connectivity index (χ4n) is 0.862. The van der Waals surface area contributed by atoms with E-state index in [0.29, 0.717) is 0 Å². The molecule has 0 aliphatic carbocycles. The summed E-state index contributed by atoms with van der Waals surface area (Å²) >= 11 is 1.60. The van der Waals surface area contributed by atoms with E-state index in [0.717, 1.165) is 0 Å². The van der Waals surface area contributed by atoms with Gasteiger partial charge in [0, 0.05) is 21.5 Å². The zero-order valence-electron chi connectivity index (χ0n) is 7.26. The maximum absolute atomic E-state index is 12.9. The van der Waals surface area contributed by atoms with Crippen molar-refractivity contribution >= 4 is 15.9 Å². The van der Waals surface area contributed by atoms with E-state index in [2.05, 4.69) is 11.7 Å². The molecular formula is C8H2BrF6O. The van der Waals surface area contributed by atoms with E-state index in [1.165, 1.54) is 0 Å². The van der Waals surface area contributed by atoms with Crippen LogP contribution in [-0.4, -0.2) is 5.02 Å². The number of alkyl halides is 3. The molecule has 0 aliphatic rings. The van der Waals surface area contributed by atoms with E-state index < -0.39 is 39.6 Å². The van der Waals surface area contributed by atoms with Gasteiger partial charge in [-0.3, -0.25) is 0 Å². The third kappa shape index (κ3) is 2.42. The summed E-state index contributed by atoms with van der Waals surface area (Å²) in [6.45, 7) is 2.69. The molecule has 0 saturated carbocycles. The van der Waals surface area contributed by atoms with Gasteiger partial charge in [-0.1, -0.05) is 0 Å². The zero-order chi connectivity index (χ0) is 12.7. The van der Waals surface area contributed by atoms with Gasteiger partial charge in [-0.15, -0.1) is 0 Å². The van der Waals surface area contributed by atoms with E-state index >= 15 is 0 Å². The number of hydrogen-bond acceptors (Lipinski definition) is 1. The van der Waals surface area contributed by atoms with Crippen LogP contribution < -0.4 is 4.74 Å².